The molecule has 0 aliphatic heterocycles. The summed E-state index contributed by atoms with van der Waals surface area (Å²) in [6.07, 6.45) is 12.3. The third-order valence-corrected chi connectivity index (χ3v) is 21.2. The van der Waals surface area contributed by atoms with Gasteiger partial charge in [0.05, 0.1) is 7.14 Å². The second kappa shape index (κ2) is 19.8. The van der Waals surface area contributed by atoms with Gasteiger partial charge in [0.2, 0.25) is 0 Å². The van der Waals surface area contributed by atoms with Crippen LogP contribution < -0.4 is 40.2 Å². The molecule has 0 unspecified atom stereocenters. The highest BCUT2D eigenvalue weighted by Gasteiger charge is 2.58. The van der Waals surface area contributed by atoms with Crippen molar-refractivity contribution in [3.63, 3.8) is 0 Å². The molecule has 0 atom stereocenters. The van der Waals surface area contributed by atoms with Gasteiger partial charge < -0.3 is 28.4 Å². The van der Waals surface area contributed by atoms with Crippen molar-refractivity contribution in [2.75, 3.05) is 13.2 Å². The smallest absolute Gasteiger partial charge is 0.357 e. The molecule has 8 saturated carbocycles. The van der Waals surface area contributed by atoms with Gasteiger partial charge in [0, 0.05) is 18.3 Å². The van der Waals surface area contributed by atoms with Crippen LogP contribution in [0.25, 0.3) is 0 Å². The van der Waals surface area contributed by atoms with Crippen LogP contribution in [0.5, 0.6) is 23.0 Å². The van der Waals surface area contributed by atoms with Crippen molar-refractivity contribution in [2.45, 2.75) is 102 Å². The van der Waals surface area contributed by atoms with Gasteiger partial charge in [-0.1, -0.05) is 0 Å². The fraction of sp³-hybridized carbons (Fsp3) is 0.500. The number of carbonyl (C=O) groups excluding carboxylic acids is 2. The molecule has 65 heavy (non-hydrogen) atoms. The molecule has 0 heterocycles. The van der Waals surface area contributed by atoms with Crippen LogP contribution >= 0.6 is 90.4 Å². The molecular weight excluding hydrogens is 1390 g/mol. The first-order valence-electron chi connectivity index (χ1n) is 23.0. The second-order valence-corrected chi connectivity index (χ2v) is 27.7. The van der Waals surface area contributed by atoms with Gasteiger partial charge in [-0.15, -0.1) is 0 Å². The van der Waals surface area contributed by atoms with E-state index >= 15 is 0 Å². The summed E-state index contributed by atoms with van der Waals surface area (Å²) < 4.78 is 44.2. The Labute approximate surface area is 447 Å². The van der Waals surface area contributed by atoms with E-state index in [1.807, 2.05) is 24.3 Å². The number of rotatable bonds is 16. The minimum absolute atomic E-state index is 0.112. The van der Waals surface area contributed by atoms with Crippen LogP contribution in [0, 0.1) is 68.8 Å². The minimum Gasteiger partial charge on any atom is -0.489 e. The highest BCUT2D eigenvalue weighted by atomic mass is 127. The molecule has 0 radical (unpaired) electrons. The topological polar surface area (TPSA) is 89.5 Å². The Morgan fingerprint density at radius 2 is 0.846 bits per heavy atom. The van der Waals surface area contributed by atoms with E-state index in [0.29, 0.717) is 48.4 Å². The van der Waals surface area contributed by atoms with Crippen LogP contribution in [0.4, 0.5) is 0 Å². The SMILES string of the molecule is CC1(OC(=O)COc2c(I)cc(I)cc2COc2ccc([I+]c3ccc(OCc4cc(I)cc(I)c4OCC(=O)OC4(C)C5CC6CC(C5)CC4C6)cc3)cc2)C2CC3CC(C2)CC1C3. The average Bonchev–Trinajstić information content (AvgIpc) is 3.26. The lowest BCUT2D eigenvalue weighted by atomic mass is 9.50. The van der Waals surface area contributed by atoms with Crippen LogP contribution in [0.3, 0.4) is 0 Å². The molecule has 8 bridgehead atoms. The molecule has 13 heteroatoms. The normalized spacial score (nSPS) is 30.2. The Morgan fingerprint density at radius 3 is 1.18 bits per heavy atom. The van der Waals surface area contributed by atoms with E-state index in [2.05, 4.69) is 153 Å². The maximum atomic E-state index is 13.3. The third-order valence-electron chi connectivity index (χ3n) is 15.7. The van der Waals surface area contributed by atoms with Crippen LogP contribution in [0.15, 0.2) is 72.8 Å². The summed E-state index contributed by atoms with van der Waals surface area (Å²) in [7, 11) is 0. The van der Waals surface area contributed by atoms with Crippen molar-refractivity contribution < 1.29 is 59.2 Å². The highest BCUT2D eigenvalue weighted by molar-refractivity contribution is 14.1. The monoisotopic (exact) mass is 1440 g/mol. The van der Waals surface area contributed by atoms with E-state index in [4.69, 9.17) is 28.4 Å². The van der Waals surface area contributed by atoms with Gasteiger partial charge in [0.1, 0.15) is 47.4 Å². The van der Waals surface area contributed by atoms with E-state index in [1.165, 1.54) is 71.3 Å². The van der Waals surface area contributed by atoms with E-state index in [1.54, 1.807) is 0 Å². The molecule has 0 N–H and O–H groups in total. The van der Waals surface area contributed by atoms with Crippen molar-refractivity contribution in [1.82, 2.24) is 0 Å². The van der Waals surface area contributed by atoms with Crippen molar-refractivity contribution >= 4 is 102 Å². The van der Waals surface area contributed by atoms with Crippen molar-refractivity contribution in [3.05, 3.63) is 105 Å². The van der Waals surface area contributed by atoms with Gasteiger partial charge in [0.25, 0.3) is 0 Å². The Kier molecular flexibility index (Phi) is 14.4. The molecule has 0 amide bonds. The Morgan fingerprint density at radius 1 is 0.508 bits per heavy atom. The van der Waals surface area contributed by atoms with Gasteiger partial charge in [-0.2, -0.15) is 0 Å². The summed E-state index contributed by atoms with van der Waals surface area (Å²) in [5, 5.41) is 0. The van der Waals surface area contributed by atoms with E-state index in [-0.39, 0.29) is 36.4 Å². The number of hydrogen-bond acceptors (Lipinski definition) is 8. The maximum absolute atomic E-state index is 13.3. The first-order chi connectivity index (χ1) is 31.3. The average molecular weight is 1440 g/mol. The molecule has 8 fully saturated rings. The van der Waals surface area contributed by atoms with Crippen molar-refractivity contribution in [1.29, 1.82) is 0 Å². The van der Waals surface area contributed by atoms with Gasteiger partial charge in [0.15, 0.2) is 20.4 Å². The maximum Gasteiger partial charge on any atom is 0.357 e. The zero-order chi connectivity index (χ0) is 45.0. The number of esters is 2. The summed E-state index contributed by atoms with van der Waals surface area (Å²) in [6.45, 7) is 4.77. The third kappa shape index (κ3) is 10.4. The van der Waals surface area contributed by atoms with Crippen LogP contribution in [-0.2, 0) is 32.3 Å². The number of ether oxygens (including phenoxy) is 6. The van der Waals surface area contributed by atoms with Crippen LogP contribution in [0.2, 0.25) is 0 Å². The second-order valence-electron chi connectivity index (χ2n) is 19.8. The molecule has 12 rings (SSSR count). The first-order valence-corrected chi connectivity index (χ1v) is 29.5. The number of benzene rings is 4. The van der Waals surface area contributed by atoms with E-state index in [0.717, 1.165) is 60.6 Å². The largest absolute Gasteiger partial charge is 0.489 e. The van der Waals surface area contributed by atoms with E-state index < -0.39 is 21.2 Å². The Balaban J connectivity index is 0.702. The molecule has 0 spiro atoms. The molecule has 0 saturated heterocycles. The summed E-state index contributed by atoms with van der Waals surface area (Å²) in [4.78, 5) is 26.6. The fourth-order valence-corrected chi connectivity index (χ4v) is 19.2. The lowest BCUT2D eigenvalue weighted by Crippen LogP contribution is -3.61. The summed E-state index contributed by atoms with van der Waals surface area (Å²) >= 11 is 8.77. The van der Waals surface area contributed by atoms with Gasteiger partial charge in [-0.3, -0.25) is 0 Å². The minimum atomic E-state index is -0.429. The quantitative estimate of drug-likeness (QED) is 0.0811. The van der Waals surface area contributed by atoms with Gasteiger partial charge in [-0.05, 0) is 289 Å². The lowest BCUT2D eigenvalue weighted by molar-refractivity contribution is -0.597. The number of carbonyl (C=O) groups is 2. The number of hydrogen-bond donors (Lipinski definition) is 0. The predicted molar refractivity (Wildman–Crippen MR) is 277 cm³/mol. The van der Waals surface area contributed by atoms with Gasteiger partial charge >= 0.3 is 33.1 Å². The zero-order valence-electron chi connectivity index (χ0n) is 36.6. The van der Waals surface area contributed by atoms with Crippen LogP contribution in [-0.4, -0.2) is 36.4 Å². The molecule has 344 valence electrons. The standard InChI is InChI=1S/C52H54I5O8/c1-51(35-13-29-11-30(15-35)16-36(51)14-29)64-47(58)27-62-49-33(21-39(53)23-45(49)55)25-60-43-7-3-41(4-8-43)57-42-5-9-44(10-6-42)61-26-34-22-40(54)24-46(56)50(34)63-28-48(59)65-52(2)37-17-31-12-32(19-37)20-38(52)18-31/h3-10,21-24,29-32,35-38H,11-20,25-28H2,1-2H3/q+1. The highest BCUT2D eigenvalue weighted by Crippen LogP contribution is 2.60. The molecular formula is C52H54I5O8+. The van der Waals surface area contributed by atoms with Crippen LogP contribution in [0.1, 0.15) is 89.2 Å². The fourth-order valence-electron chi connectivity index (χ4n) is 12.8. The molecule has 0 aromatic heterocycles. The molecule has 4 aromatic rings. The predicted octanol–water partition coefficient (Wildman–Crippen LogP) is 9.66. The van der Waals surface area contributed by atoms with Crippen molar-refractivity contribution in [3.8, 4) is 23.0 Å². The Hall–Kier alpha value is -1.33. The molecule has 8 aliphatic rings. The molecule has 8 aliphatic carbocycles. The summed E-state index contributed by atoms with van der Waals surface area (Å²) in [6, 6.07) is 24.9. The lowest BCUT2D eigenvalue weighted by Gasteiger charge is -2.59. The molecule has 8 nitrogen and oxygen atoms in total. The summed E-state index contributed by atoms with van der Waals surface area (Å²) in [5.74, 6) is 7.49. The van der Waals surface area contributed by atoms with Crippen molar-refractivity contribution in [2.24, 2.45) is 47.3 Å². The van der Waals surface area contributed by atoms with E-state index in [9.17, 15) is 9.59 Å². The summed E-state index contributed by atoms with van der Waals surface area (Å²) in [5.41, 5.74) is 1.05. The molecule has 4 aromatic carbocycles. The van der Waals surface area contributed by atoms with Gasteiger partial charge in [-0.25, -0.2) is 9.59 Å². The first kappa shape index (κ1) is 47.4. The Bertz CT molecular complexity index is 2200. The zero-order valence-corrected chi connectivity index (χ0v) is 47.4. The number of halogens is 5.